The van der Waals surface area contributed by atoms with Crippen LogP contribution in [0.2, 0.25) is 5.02 Å². The summed E-state index contributed by atoms with van der Waals surface area (Å²) in [5.41, 5.74) is 1.05. The standard InChI is InChI=1S/C11H12ClF2NO/c12-9-4-7(3-8-5-15-6-8)1-2-10(9)16-11(13)14/h1-2,4,8,11,15H,3,5-6H2. The molecule has 1 aromatic rings. The van der Waals surface area contributed by atoms with Gasteiger partial charge in [0.2, 0.25) is 0 Å². The predicted octanol–water partition coefficient (Wildman–Crippen LogP) is 2.70. The first-order valence-corrected chi connectivity index (χ1v) is 5.47. The molecule has 1 N–H and O–H groups in total. The number of rotatable bonds is 4. The Morgan fingerprint density at radius 1 is 1.44 bits per heavy atom. The highest BCUT2D eigenvalue weighted by Crippen LogP contribution is 2.28. The topological polar surface area (TPSA) is 21.3 Å². The molecule has 0 radical (unpaired) electrons. The first-order chi connectivity index (χ1) is 7.65. The summed E-state index contributed by atoms with van der Waals surface area (Å²) in [6.07, 6.45) is 0.918. The molecule has 5 heteroatoms. The van der Waals surface area contributed by atoms with E-state index in [-0.39, 0.29) is 10.8 Å². The molecule has 0 atom stereocenters. The van der Waals surface area contributed by atoms with Crippen LogP contribution < -0.4 is 10.1 Å². The van der Waals surface area contributed by atoms with Crippen LogP contribution in [0.3, 0.4) is 0 Å². The molecular formula is C11H12ClF2NO. The van der Waals surface area contributed by atoms with Gasteiger partial charge in [0.15, 0.2) is 0 Å². The number of hydrogen-bond donors (Lipinski definition) is 1. The fourth-order valence-corrected chi connectivity index (χ4v) is 1.94. The summed E-state index contributed by atoms with van der Waals surface area (Å²) in [6.45, 7) is -0.820. The van der Waals surface area contributed by atoms with E-state index in [1.807, 2.05) is 0 Å². The summed E-state index contributed by atoms with van der Waals surface area (Å²) in [6, 6.07) is 4.97. The Kier molecular flexibility index (Phi) is 3.61. The number of ether oxygens (including phenoxy) is 1. The highest BCUT2D eigenvalue weighted by Gasteiger charge is 2.17. The SMILES string of the molecule is FC(F)Oc1ccc(CC2CNC2)cc1Cl. The van der Waals surface area contributed by atoms with Crippen LogP contribution in [-0.4, -0.2) is 19.7 Å². The average Bonchev–Trinajstić information content (AvgIpc) is 2.15. The van der Waals surface area contributed by atoms with Crippen LogP contribution in [0.25, 0.3) is 0 Å². The molecule has 1 aromatic carbocycles. The van der Waals surface area contributed by atoms with Crippen molar-refractivity contribution in [3.8, 4) is 5.75 Å². The fourth-order valence-electron chi connectivity index (χ4n) is 1.69. The minimum atomic E-state index is -2.83. The third-order valence-electron chi connectivity index (χ3n) is 2.60. The molecule has 1 saturated heterocycles. The highest BCUT2D eigenvalue weighted by molar-refractivity contribution is 6.32. The second kappa shape index (κ2) is 4.97. The molecule has 1 fully saturated rings. The predicted molar refractivity (Wildman–Crippen MR) is 58.1 cm³/mol. The summed E-state index contributed by atoms with van der Waals surface area (Å²) in [5, 5.41) is 3.42. The van der Waals surface area contributed by atoms with Gasteiger partial charge < -0.3 is 10.1 Å². The fraction of sp³-hybridized carbons (Fsp3) is 0.455. The highest BCUT2D eigenvalue weighted by atomic mass is 35.5. The molecule has 1 aliphatic rings. The van der Waals surface area contributed by atoms with Crippen molar-refractivity contribution < 1.29 is 13.5 Å². The van der Waals surface area contributed by atoms with Crippen molar-refractivity contribution in [1.29, 1.82) is 0 Å². The Labute approximate surface area is 97.5 Å². The Balaban J connectivity index is 2.03. The van der Waals surface area contributed by atoms with Crippen LogP contribution in [-0.2, 0) is 6.42 Å². The lowest BCUT2D eigenvalue weighted by atomic mass is 9.94. The Morgan fingerprint density at radius 3 is 2.69 bits per heavy atom. The zero-order valence-corrected chi connectivity index (χ0v) is 9.31. The van der Waals surface area contributed by atoms with Gasteiger partial charge in [-0.1, -0.05) is 17.7 Å². The van der Waals surface area contributed by atoms with E-state index in [4.69, 9.17) is 11.6 Å². The van der Waals surface area contributed by atoms with Gasteiger partial charge in [0.05, 0.1) is 5.02 Å². The number of hydrogen-bond acceptors (Lipinski definition) is 2. The van der Waals surface area contributed by atoms with Gasteiger partial charge in [-0.3, -0.25) is 0 Å². The van der Waals surface area contributed by atoms with Crippen LogP contribution in [0.15, 0.2) is 18.2 Å². The second-order valence-electron chi connectivity index (χ2n) is 3.87. The maximum Gasteiger partial charge on any atom is 0.387 e. The van der Waals surface area contributed by atoms with Crippen molar-refractivity contribution >= 4 is 11.6 Å². The smallest absolute Gasteiger partial charge is 0.387 e. The molecular weight excluding hydrogens is 236 g/mol. The molecule has 16 heavy (non-hydrogen) atoms. The van der Waals surface area contributed by atoms with Gasteiger partial charge in [0.25, 0.3) is 0 Å². The van der Waals surface area contributed by atoms with E-state index in [0.29, 0.717) is 5.92 Å². The normalized spacial score (nSPS) is 16.2. The summed E-state index contributed by atoms with van der Waals surface area (Å²) in [4.78, 5) is 0. The maximum atomic E-state index is 12.0. The minimum absolute atomic E-state index is 0.0344. The zero-order valence-electron chi connectivity index (χ0n) is 8.55. The van der Waals surface area contributed by atoms with E-state index in [9.17, 15) is 8.78 Å². The number of benzene rings is 1. The Hall–Kier alpha value is -0.870. The first-order valence-electron chi connectivity index (χ1n) is 5.09. The van der Waals surface area contributed by atoms with E-state index >= 15 is 0 Å². The molecule has 0 bridgehead atoms. The summed E-state index contributed by atoms with van der Waals surface area (Å²) in [7, 11) is 0. The maximum absolute atomic E-state index is 12.0. The van der Waals surface area contributed by atoms with Crippen molar-refractivity contribution in [2.24, 2.45) is 5.92 Å². The number of alkyl halides is 2. The van der Waals surface area contributed by atoms with Gasteiger partial charge in [-0.05, 0) is 43.1 Å². The third kappa shape index (κ3) is 2.83. The lowest BCUT2D eigenvalue weighted by Gasteiger charge is -2.27. The van der Waals surface area contributed by atoms with Gasteiger partial charge in [-0.25, -0.2) is 0 Å². The molecule has 1 heterocycles. The monoisotopic (exact) mass is 247 g/mol. The van der Waals surface area contributed by atoms with Crippen molar-refractivity contribution in [2.75, 3.05) is 13.1 Å². The molecule has 0 unspecified atom stereocenters. The molecule has 2 nitrogen and oxygen atoms in total. The van der Waals surface area contributed by atoms with E-state index < -0.39 is 6.61 Å². The largest absolute Gasteiger partial charge is 0.433 e. The van der Waals surface area contributed by atoms with Gasteiger partial charge in [0, 0.05) is 0 Å². The number of nitrogens with one attached hydrogen (secondary N) is 1. The van der Waals surface area contributed by atoms with Crippen LogP contribution in [0.5, 0.6) is 5.75 Å². The molecule has 0 amide bonds. The van der Waals surface area contributed by atoms with Crippen molar-refractivity contribution in [3.05, 3.63) is 28.8 Å². The minimum Gasteiger partial charge on any atom is -0.433 e. The zero-order chi connectivity index (χ0) is 11.5. The van der Waals surface area contributed by atoms with E-state index in [1.165, 1.54) is 6.07 Å². The molecule has 88 valence electrons. The molecule has 1 aliphatic heterocycles. The molecule has 0 saturated carbocycles. The van der Waals surface area contributed by atoms with Crippen LogP contribution in [0.1, 0.15) is 5.56 Å². The lowest BCUT2D eigenvalue weighted by Crippen LogP contribution is -2.43. The Bertz CT molecular complexity index is 369. The summed E-state index contributed by atoms with van der Waals surface area (Å²) >= 11 is 5.84. The summed E-state index contributed by atoms with van der Waals surface area (Å²) < 4.78 is 28.2. The first kappa shape index (κ1) is 11.6. The van der Waals surface area contributed by atoms with Gasteiger partial charge in [0.1, 0.15) is 5.75 Å². The quantitative estimate of drug-likeness (QED) is 0.883. The van der Waals surface area contributed by atoms with Gasteiger partial charge in [-0.2, -0.15) is 8.78 Å². The van der Waals surface area contributed by atoms with Crippen LogP contribution >= 0.6 is 11.6 Å². The van der Waals surface area contributed by atoms with E-state index in [0.717, 1.165) is 25.1 Å². The van der Waals surface area contributed by atoms with E-state index in [2.05, 4.69) is 10.1 Å². The third-order valence-corrected chi connectivity index (χ3v) is 2.90. The van der Waals surface area contributed by atoms with E-state index in [1.54, 1.807) is 12.1 Å². The molecule has 0 aromatic heterocycles. The van der Waals surface area contributed by atoms with Gasteiger partial charge in [-0.15, -0.1) is 0 Å². The molecule has 0 aliphatic carbocycles. The lowest BCUT2D eigenvalue weighted by molar-refractivity contribution is -0.0497. The van der Waals surface area contributed by atoms with Crippen molar-refractivity contribution in [2.45, 2.75) is 13.0 Å². The summed E-state index contributed by atoms with van der Waals surface area (Å²) in [5.74, 6) is 0.657. The van der Waals surface area contributed by atoms with Crippen molar-refractivity contribution in [1.82, 2.24) is 5.32 Å². The van der Waals surface area contributed by atoms with Crippen LogP contribution in [0, 0.1) is 5.92 Å². The molecule has 0 spiro atoms. The van der Waals surface area contributed by atoms with Crippen LogP contribution in [0.4, 0.5) is 8.78 Å². The molecule has 2 rings (SSSR count). The Morgan fingerprint density at radius 2 is 2.19 bits per heavy atom. The van der Waals surface area contributed by atoms with Crippen molar-refractivity contribution in [3.63, 3.8) is 0 Å². The van der Waals surface area contributed by atoms with Gasteiger partial charge >= 0.3 is 6.61 Å². The second-order valence-corrected chi connectivity index (χ2v) is 4.28. The average molecular weight is 248 g/mol. The number of halogens is 3.